The molecule has 25 heavy (non-hydrogen) atoms. The lowest BCUT2D eigenvalue weighted by atomic mass is 10.1. The first-order valence-corrected chi connectivity index (χ1v) is 9.98. The highest BCUT2D eigenvalue weighted by atomic mass is 35.5. The van der Waals surface area contributed by atoms with Gasteiger partial charge in [0.2, 0.25) is 15.9 Å². The summed E-state index contributed by atoms with van der Waals surface area (Å²) in [4.78, 5) is 12.4. The molecule has 134 valence electrons. The number of anilines is 2. The Labute approximate surface area is 157 Å². The lowest BCUT2D eigenvalue weighted by molar-refractivity contribution is -0.114. The van der Waals surface area contributed by atoms with Gasteiger partial charge in [0.1, 0.15) is 6.54 Å². The molecular formula is C17H18Cl2N2O3S. The van der Waals surface area contributed by atoms with E-state index < -0.39 is 15.9 Å². The zero-order chi connectivity index (χ0) is 18.8. The van der Waals surface area contributed by atoms with Crippen molar-refractivity contribution < 1.29 is 13.2 Å². The number of carbonyl (C=O) groups excluding carboxylic acids is 1. The van der Waals surface area contributed by atoms with Crippen LogP contribution in [0.5, 0.6) is 0 Å². The van der Waals surface area contributed by atoms with Crippen LogP contribution in [0.25, 0.3) is 0 Å². The largest absolute Gasteiger partial charge is 0.323 e. The summed E-state index contributed by atoms with van der Waals surface area (Å²) in [5.41, 5.74) is 2.55. The minimum Gasteiger partial charge on any atom is -0.323 e. The van der Waals surface area contributed by atoms with Crippen LogP contribution in [-0.4, -0.2) is 27.1 Å². The first-order valence-electron chi connectivity index (χ1n) is 7.38. The molecule has 0 radical (unpaired) electrons. The van der Waals surface area contributed by atoms with Crippen LogP contribution in [0.15, 0.2) is 36.4 Å². The minimum atomic E-state index is -3.65. The molecule has 0 unspecified atom stereocenters. The Morgan fingerprint density at radius 1 is 1.12 bits per heavy atom. The minimum absolute atomic E-state index is 0.315. The molecule has 0 atom stereocenters. The summed E-state index contributed by atoms with van der Waals surface area (Å²) >= 11 is 11.9. The third-order valence-corrected chi connectivity index (χ3v) is 5.20. The number of benzene rings is 2. The third-order valence-electron chi connectivity index (χ3n) is 3.51. The van der Waals surface area contributed by atoms with Crippen LogP contribution < -0.4 is 9.62 Å². The topological polar surface area (TPSA) is 66.5 Å². The Bertz CT molecular complexity index is 914. The van der Waals surface area contributed by atoms with Crippen LogP contribution in [0, 0.1) is 13.8 Å². The molecule has 0 aliphatic carbocycles. The quantitative estimate of drug-likeness (QED) is 0.823. The molecule has 2 aromatic rings. The van der Waals surface area contributed by atoms with E-state index in [1.165, 1.54) is 6.07 Å². The maximum absolute atomic E-state index is 12.4. The number of aryl methyl sites for hydroxylation is 2. The molecule has 0 heterocycles. The fraction of sp³-hybridized carbons (Fsp3) is 0.235. The lowest BCUT2D eigenvalue weighted by Crippen LogP contribution is -2.37. The SMILES string of the molecule is Cc1ccc(N(CC(=O)Nc2cc(Cl)ccc2Cl)S(C)(=O)=O)c(C)c1. The van der Waals surface area contributed by atoms with Crippen molar-refractivity contribution in [3.05, 3.63) is 57.6 Å². The molecule has 1 N–H and O–H groups in total. The fourth-order valence-corrected chi connectivity index (χ4v) is 3.63. The standard InChI is InChI=1S/C17H18Cl2N2O3S/c1-11-4-7-16(12(2)8-11)21(25(3,23)24)10-17(22)20-15-9-13(18)5-6-14(15)19/h4-9H,10H2,1-3H3,(H,20,22). The molecule has 0 saturated carbocycles. The molecular weight excluding hydrogens is 383 g/mol. The molecule has 0 fully saturated rings. The van der Waals surface area contributed by atoms with E-state index in [4.69, 9.17) is 23.2 Å². The van der Waals surface area contributed by atoms with E-state index in [0.29, 0.717) is 21.4 Å². The Kier molecular flexibility index (Phi) is 5.98. The van der Waals surface area contributed by atoms with Crippen molar-refractivity contribution in [2.75, 3.05) is 22.4 Å². The molecule has 5 nitrogen and oxygen atoms in total. The van der Waals surface area contributed by atoms with E-state index in [2.05, 4.69) is 5.32 Å². The average molecular weight is 401 g/mol. The maximum Gasteiger partial charge on any atom is 0.245 e. The molecule has 2 aromatic carbocycles. The van der Waals surface area contributed by atoms with Crippen molar-refractivity contribution in [2.45, 2.75) is 13.8 Å². The number of halogens is 2. The molecule has 8 heteroatoms. The van der Waals surface area contributed by atoms with Gasteiger partial charge >= 0.3 is 0 Å². The van der Waals surface area contributed by atoms with Crippen LogP contribution in [0.2, 0.25) is 10.0 Å². The Morgan fingerprint density at radius 2 is 1.80 bits per heavy atom. The molecule has 0 aliphatic rings. The zero-order valence-electron chi connectivity index (χ0n) is 14.0. The van der Waals surface area contributed by atoms with Gasteiger partial charge in [0.15, 0.2) is 0 Å². The van der Waals surface area contributed by atoms with Crippen LogP contribution in [0.1, 0.15) is 11.1 Å². The van der Waals surface area contributed by atoms with Gasteiger partial charge in [-0.05, 0) is 43.7 Å². The lowest BCUT2D eigenvalue weighted by Gasteiger charge is -2.24. The highest BCUT2D eigenvalue weighted by Crippen LogP contribution is 2.26. The number of nitrogens with one attached hydrogen (secondary N) is 1. The van der Waals surface area contributed by atoms with E-state index in [1.807, 2.05) is 13.0 Å². The van der Waals surface area contributed by atoms with Gasteiger partial charge in [0.05, 0.1) is 22.7 Å². The molecule has 0 bridgehead atoms. The van der Waals surface area contributed by atoms with Gasteiger partial charge in [-0.1, -0.05) is 40.9 Å². The van der Waals surface area contributed by atoms with E-state index >= 15 is 0 Å². The summed E-state index contributed by atoms with van der Waals surface area (Å²) in [6.07, 6.45) is 1.06. The Balaban J connectivity index is 2.28. The second-order valence-corrected chi connectivity index (χ2v) is 8.48. The maximum atomic E-state index is 12.4. The highest BCUT2D eigenvalue weighted by molar-refractivity contribution is 7.92. The average Bonchev–Trinajstić information content (AvgIpc) is 2.48. The van der Waals surface area contributed by atoms with Crippen molar-refractivity contribution in [1.29, 1.82) is 0 Å². The first kappa shape index (κ1) is 19.6. The number of hydrogen-bond donors (Lipinski definition) is 1. The Hall–Kier alpha value is -1.76. The predicted molar refractivity (Wildman–Crippen MR) is 103 cm³/mol. The number of nitrogens with zero attached hydrogens (tertiary/aromatic N) is 1. The summed E-state index contributed by atoms with van der Waals surface area (Å²) in [7, 11) is -3.65. The fourth-order valence-electron chi connectivity index (χ4n) is 2.38. The smallest absolute Gasteiger partial charge is 0.245 e. The molecule has 1 amide bonds. The highest BCUT2D eigenvalue weighted by Gasteiger charge is 2.22. The van der Waals surface area contributed by atoms with Gasteiger partial charge < -0.3 is 5.32 Å². The summed E-state index contributed by atoms with van der Waals surface area (Å²) < 4.78 is 25.4. The van der Waals surface area contributed by atoms with Crippen molar-refractivity contribution in [1.82, 2.24) is 0 Å². The normalized spacial score (nSPS) is 11.2. The number of rotatable bonds is 5. The van der Waals surface area contributed by atoms with E-state index in [9.17, 15) is 13.2 Å². The molecule has 2 rings (SSSR count). The monoisotopic (exact) mass is 400 g/mol. The van der Waals surface area contributed by atoms with Crippen molar-refractivity contribution in [3.63, 3.8) is 0 Å². The van der Waals surface area contributed by atoms with Gasteiger partial charge in [-0.15, -0.1) is 0 Å². The van der Waals surface area contributed by atoms with Crippen molar-refractivity contribution >= 4 is 50.5 Å². The number of hydrogen-bond acceptors (Lipinski definition) is 3. The summed E-state index contributed by atoms with van der Waals surface area (Å²) in [5, 5.41) is 3.32. The van der Waals surface area contributed by atoms with Gasteiger partial charge in [0.25, 0.3) is 0 Å². The number of amides is 1. The van der Waals surface area contributed by atoms with Gasteiger partial charge in [-0.3, -0.25) is 9.10 Å². The van der Waals surface area contributed by atoms with E-state index in [1.54, 1.807) is 31.2 Å². The second-order valence-electron chi connectivity index (χ2n) is 5.73. The third kappa shape index (κ3) is 5.11. The van der Waals surface area contributed by atoms with Gasteiger partial charge in [0, 0.05) is 5.02 Å². The second kappa shape index (κ2) is 7.64. The van der Waals surface area contributed by atoms with Gasteiger partial charge in [-0.25, -0.2) is 8.42 Å². The molecule has 0 aromatic heterocycles. The first-order chi connectivity index (χ1) is 11.6. The molecule has 0 aliphatic heterocycles. The van der Waals surface area contributed by atoms with Crippen LogP contribution in [0.3, 0.4) is 0 Å². The predicted octanol–water partition coefficient (Wildman–Crippen LogP) is 4.01. The number of carbonyl (C=O) groups is 1. The van der Waals surface area contributed by atoms with Crippen molar-refractivity contribution in [3.8, 4) is 0 Å². The van der Waals surface area contributed by atoms with Crippen LogP contribution in [-0.2, 0) is 14.8 Å². The summed E-state index contributed by atoms with van der Waals surface area (Å²) in [6.45, 7) is 3.34. The van der Waals surface area contributed by atoms with Crippen LogP contribution >= 0.6 is 23.2 Å². The van der Waals surface area contributed by atoms with E-state index in [0.717, 1.165) is 21.7 Å². The van der Waals surface area contributed by atoms with Gasteiger partial charge in [-0.2, -0.15) is 0 Å². The molecule has 0 spiro atoms. The number of sulfonamides is 1. The summed E-state index contributed by atoms with van der Waals surface area (Å²) in [6, 6.07) is 10.00. The van der Waals surface area contributed by atoms with Crippen molar-refractivity contribution in [2.24, 2.45) is 0 Å². The zero-order valence-corrected chi connectivity index (χ0v) is 16.3. The summed E-state index contributed by atoms with van der Waals surface area (Å²) in [5.74, 6) is -0.519. The molecule has 0 saturated heterocycles. The Morgan fingerprint density at radius 3 is 2.40 bits per heavy atom. The van der Waals surface area contributed by atoms with Crippen LogP contribution in [0.4, 0.5) is 11.4 Å². The van der Waals surface area contributed by atoms with E-state index in [-0.39, 0.29) is 6.54 Å².